The zero-order valence-corrected chi connectivity index (χ0v) is 18.5. The van der Waals surface area contributed by atoms with Crippen LogP contribution in [0.4, 0.5) is 8.78 Å². The summed E-state index contributed by atoms with van der Waals surface area (Å²) in [4.78, 5) is 0. The highest BCUT2D eigenvalue weighted by atomic mass is 32.1. The van der Waals surface area contributed by atoms with Gasteiger partial charge in [0.25, 0.3) is 0 Å². The lowest BCUT2D eigenvalue weighted by atomic mass is 9.68. The van der Waals surface area contributed by atoms with Gasteiger partial charge in [-0.05, 0) is 49.4 Å². The minimum absolute atomic E-state index is 0.0436. The summed E-state index contributed by atoms with van der Waals surface area (Å²) in [5.41, 5.74) is 0.469. The Bertz CT molecular complexity index is 949. The van der Waals surface area contributed by atoms with Gasteiger partial charge in [0.1, 0.15) is 17.3 Å². The maximum atomic E-state index is 14.8. The molecule has 0 amide bonds. The monoisotopic (exact) mass is 458 g/mol. The van der Waals surface area contributed by atoms with E-state index in [0.29, 0.717) is 21.4 Å². The smallest absolute Gasteiger partial charge is 0.168 e. The lowest BCUT2D eigenvalue weighted by Gasteiger charge is -2.57. The second-order valence-corrected chi connectivity index (χ2v) is 9.38. The molecule has 2 aliphatic heterocycles. The minimum atomic E-state index is -0.707. The van der Waals surface area contributed by atoms with Crippen molar-refractivity contribution in [1.82, 2.24) is 21.3 Å². The van der Waals surface area contributed by atoms with Crippen molar-refractivity contribution in [3.05, 3.63) is 71.3 Å². The van der Waals surface area contributed by atoms with Crippen LogP contribution in [-0.4, -0.2) is 15.9 Å². The van der Waals surface area contributed by atoms with Crippen molar-refractivity contribution in [1.29, 1.82) is 0 Å². The summed E-state index contributed by atoms with van der Waals surface area (Å²) in [6.45, 7) is 0. The van der Waals surface area contributed by atoms with Crippen LogP contribution in [0.5, 0.6) is 0 Å². The third-order valence-corrected chi connectivity index (χ3v) is 7.39. The molecule has 2 aromatic carbocycles. The molecule has 162 valence electrons. The fraction of sp³-hybridized carbons (Fsp3) is 0.391. The molecule has 4 N–H and O–H groups in total. The number of benzene rings is 2. The Morgan fingerprint density at radius 1 is 0.710 bits per heavy atom. The number of halogens is 2. The van der Waals surface area contributed by atoms with Crippen molar-refractivity contribution in [2.45, 2.75) is 43.4 Å². The van der Waals surface area contributed by atoms with E-state index in [2.05, 4.69) is 21.3 Å². The van der Waals surface area contributed by atoms with Crippen molar-refractivity contribution in [3.8, 4) is 0 Å². The fourth-order valence-corrected chi connectivity index (χ4v) is 6.29. The second kappa shape index (κ2) is 7.98. The first-order valence-corrected chi connectivity index (χ1v) is 11.5. The molecule has 5 rings (SSSR count). The topological polar surface area (TPSA) is 48.1 Å². The van der Waals surface area contributed by atoms with Crippen molar-refractivity contribution in [3.63, 3.8) is 0 Å². The largest absolute Gasteiger partial charge is 0.355 e. The Morgan fingerprint density at radius 2 is 1.13 bits per heavy atom. The third kappa shape index (κ3) is 3.46. The van der Waals surface area contributed by atoms with Gasteiger partial charge < -0.3 is 21.3 Å². The van der Waals surface area contributed by atoms with Crippen molar-refractivity contribution in [2.75, 3.05) is 0 Å². The average molecular weight is 459 g/mol. The summed E-state index contributed by atoms with van der Waals surface area (Å²) in [5.74, 6) is -0.610. The molecule has 1 saturated carbocycles. The van der Waals surface area contributed by atoms with Crippen LogP contribution in [-0.2, 0) is 0 Å². The summed E-state index contributed by atoms with van der Waals surface area (Å²) in [5, 5.41) is 14.5. The first-order valence-electron chi connectivity index (χ1n) is 10.7. The Balaban J connectivity index is 1.64. The van der Waals surface area contributed by atoms with Gasteiger partial charge in [-0.2, -0.15) is 0 Å². The van der Waals surface area contributed by atoms with Crippen LogP contribution in [0.15, 0.2) is 48.5 Å². The Hall–Kier alpha value is -2.32. The summed E-state index contributed by atoms with van der Waals surface area (Å²) in [6, 6.07) is 13.0. The van der Waals surface area contributed by atoms with E-state index in [1.807, 2.05) is 24.3 Å². The van der Waals surface area contributed by atoms with E-state index in [1.54, 1.807) is 12.1 Å². The van der Waals surface area contributed by atoms with Crippen LogP contribution in [0.3, 0.4) is 0 Å². The van der Waals surface area contributed by atoms with E-state index in [-0.39, 0.29) is 35.6 Å². The molecule has 4 unspecified atom stereocenters. The number of nitrogens with one attached hydrogen (secondary N) is 4. The van der Waals surface area contributed by atoms with Gasteiger partial charge in [-0.15, -0.1) is 0 Å². The maximum absolute atomic E-state index is 14.8. The second-order valence-electron chi connectivity index (χ2n) is 8.56. The predicted octanol–water partition coefficient (Wildman–Crippen LogP) is 4.21. The number of rotatable bonds is 2. The third-order valence-electron chi connectivity index (χ3n) is 6.95. The molecule has 4 atom stereocenters. The number of hydrogen-bond donors (Lipinski definition) is 4. The van der Waals surface area contributed by atoms with Crippen LogP contribution in [0.25, 0.3) is 0 Å². The van der Waals surface area contributed by atoms with Crippen LogP contribution < -0.4 is 21.3 Å². The molecule has 2 saturated heterocycles. The van der Waals surface area contributed by atoms with Crippen LogP contribution in [0.2, 0.25) is 0 Å². The van der Waals surface area contributed by atoms with E-state index >= 15 is 0 Å². The van der Waals surface area contributed by atoms with Gasteiger partial charge in [-0.3, -0.25) is 0 Å². The van der Waals surface area contributed by atoms with E-state index < -0.39 is 5.66 Å². The van der Waals surface area contributed by atoms with Crippen molar-refractivity contribution < 1.29 is 8.78 Å². The molecular formula is C23H24F2N4S2. The highest BCUT2D eigenvalue weighted by Crippen LogP contribution is 2.49. The molecule has 0 radical (unpaired) electrons. The molecule has 2 heterocycles. The number of hydrogen-bond acceptors (Lipinski definition) is 2. The van der Waals surface area contributed by atoms with Gasteiger partial charge in [-0.1, -0.05) is 49.2 Å². The molecule has 3 fully saturated rings. The zero-order chi connectivity index (χ0) is 21.6. The lowest BCUT2D eigenvalue weighted by molar-refractivity contribution is 0.0522. The summed E-state index contributed by atoms with van der Waals surface area (Å²) in [6.07, 6.45) is 3.69. The molecule has 2 aromatic rings. The highest BCUT2D eigenvalue weighted by molar-refractivity contribution is 7.80. The van der Waals surface area contributed by atoms with E-state index in [0.717, 1.165) is 25.7 Å². The summed E-state index contributed by atoms with van der Waals surface area (Å²) in [7, 11) is 0. The van der Waals surface area contributed by atoms with Gasteiger partial charge in [0.15, 0.2) is 10.2 Å². The quantitative estimate of drug-likeness (QED) is 0.506. The van der Waals surface area contributed by atoms with E-state index in [1.165, 1.54) is 12.1 Å². The minimum Gasteiger partial charge on any atom is -0.355 e. The zero-order valence-electron chi connectivity index (χ0n) is 16.8. The standard InChI is InChI=1S/C23H24F2N4S2/c24-17-11-5-1-7-13(17)19-15-9-3-4-10-16-20(14-8-2-6-12-18(14)25)27-22(31)29-23(15,16)28-21(30)26-19/h1-2,5-8,11-12,15-16,19-20H,3-4,9-10H2,(H2,26,28,30)(H2,27,29,31). The van der Waals surface area contributed by atoms with Crippen molar-refractivity contribution >= 4 is 34.7 Å². The summed E-state index contributed by atoms with van der Waals surface area (Å²) >= 11 is 11.2. The lowest BCUT2D eigenvalue weighted by Crippen LogP contribution is -2.79. The molecular weight excluding hydrogens is 434 g/mol. The van der Waals surface area contributed by atoms with Gasteiger partial charge in [0, 0.05) is 23.0 Å². The normalized spacial score (nSPS) is 32.3. The molecule has 3 aliphatic rings. The highest BCUT2D eigenvalue weighted by Gasteiger charge is 2.58. The van der Waals surface area contributed by atoms with E-state index in [9.17, 15) is 8.78 Å². The van der Waals surface area contributed by atoms with Gasteiger partial charge in [0.2, 0.25) is 0 Å². The van der Waals surface area contributed by atoms with Crippen LogP contribution in [0, 0.1) is 23.5 Å². The Morgan fingerprint density at radius 3 is 1.55 bits per heavy atom. The van der Waals surface area contributed by atoms with Gasteiger partial charge in [0.05, 0.1) is 12.1 Å². The van der Waals surface area contributed by atoms with Gasteiger partial charge >= 0.3 is 0 Å². The molecule has 8 heteroatoms. The van der Waals surface area contributed by atoms with Crippen LogP contribution in [0.1, 0.15) is 48.9 Å². The van der Waals surface area contributed by atoms with E-state index in [4.69, 9.17) is 24.4 Å². The summed E-state index contributed by atoms with van der Waals surface area (Å²) < 4.78 is 29.7. The fourth-order valence-electron chi connectivity index (χ4n) is 5.70. The first kappa shape index (κ1) is 20.6. The molecule has 0 bridgehead atoms. The van der Waals surface area contributed by atoms with Gasteiger partial charge in [-0.25, -0.2) is 8.78 Å². The maximum Gasteiger partial charge on any atom is 0.168 e. The Labute approximate surface area is 191 Å². The van der Waals surface area contributed by atoms with Crippen LogP contribution >= 0.6 is 24.4 Å². The SMILES string of the molecule is Fc1ccccc1C1NC(=S)NC23NC(=S)NC(c4ccccc4F)C2CCCCC13. The first-order chi connectivity index (χ1) is 15.0. The molecule has 31 heavy (non-hydrogen) atoms. The predicted molar refractivity (Wildman–Crippen MR) is 124 cm³/mol. The van der Waals surface area contributed by atoms with Crippen molar-refractivity contribution in [2.24, 2.45) is 11.8 Å². The number of thiocarbonyl (C=S) groups is 2. The molecule has 0 aromatic heterocycles. The molecule has 4 nitrogen and oxygen atoms in total. The Kier molecular flexibility index (Phi) is 5.30. The molecule has 1 aliphatic carbocycles. The molecule has 1 spiro atoms. The average Bonchev–Trinajstić information content (AvgIpc) is 2.92.